The van der Waals surface area contributed by atoms with Crippen LogP contribution in [0.5, 0.6) is 0 Å². The molecule has 1 aromatic rings. The minimum Gasteiger partial charge on any atom is -0.261 e. The fourth-order valence-electron chi connectivity index (χ4n) is 2.29. The van der Waals surface area contributed by atoms with Crippen molar-refractivity contribution in [3.05, 3.63) is 90.6 Å². The molecule has 0 heterocycles. The van der Waals surface area contributed by atoms with Crippen LogP contribution in [0.3, 0.4) is 0 Å². The predicted octanol–water partition coefficient (Wildman–Crippen LogP) is 7.48. The highest BCUT2D eigenvalue weighted by molar-refractivity contribution is 5.85. The van der Waals surface area contributed by atoms with Crippen molar-refractivity contribution >= 4 is 23.0 Å². The Morgan fingerprint density at radius 1 is 1.08 bits per heavy atom. The van der Waals surface area contributed by atoms with Crippen molar-refractivity contribution in [3.8, 4) is 0 Å². The molecule has 1 nitrogen and oxygen atoms in total. The maximum absolute atomic E-state index is 4.62. The van der Waals surface area contributed by atoms with Crippen LogP contribution < -0.4 is 0 Å². The average molecular weight is 332 g/mol. The van der Waals surface area contributed by atoms with Gasteiger partial charge < -0.3 is 0 Å². The first kappa shape index (κ1) is 20.4. The van der Waals surface area contributed by atoms with Crippen molar-refractivity contribution in [1.82, 2.24) is 0 Å². The Balaban J connectivity index is 3.41. The van der Waals surface area contributed by atoms with Gasteiger partial charge in [-0.1, -0.05) is 74.3 Å². The average Bonchev–Trinajstić information content (AvgIpc) is 2.59. The van der Waals surface area contributed by atoms with E-state index >= 15 is 0 Å². The van der Waals surface area contributed by atoms with E-state index in [9.17, 15) is 0 Å². The zero-order chi connectivity index (χ0) is 18.7. The first-order valence-electron chi connectivity index (χ1n) is 8.69. The second-order valence-corrected chi connectivity index (χ2v) is 5.79. The third-order valence-corrected chi connectivity index (χ3v) is 3.53. The Morgan fingerprint density at radius 2 is 1.80 bits per heavy atom. The maximum atomic E-state index is 4.62. The number of hydrogen-bond acceptors (Lipinski definition) is 1. The number of hydrogen-bond donors (Lipinski definition) is 0. The van der Waals surface area contributed by atoms with Crippen LogP contribution in [0.15, 0.2) is 84.5 Å². The summed E-state index contributed by atoms with van der Waals surface area (Å²) in [6.45, 7) is 16.2. The zero-order valence-electron chi connectivity index (χ0n) is 15.9. The van der Waals surface area contributed by atoms with Gasteiger partial charge in [-0.15, -0.1) is 0 Å². The van der Waals surface area contributed by atoms with Crippen molar-refractivity contribution in [2.24, 2.45) is 4.99 Å². The predicted molar refractivity (Wildman–Crippen MR) is 115 cm³/mol. The Kier molecular flexibility index (Phi) is 8.95. The molecule has 0 spiro atoms. The highest BCUT2D eigenvalue weighted by Crippen LogP contribution is 2.30. The van der Waals surface area contributed by atoms with E-state index in [0.29, 0.717) is 0 Å². The summed E-state index contributed by atoms with van der Waals surface area (Å²) >= 11 is 0. The zero-order valence-corrected chi connectivity index (χ0v) is 15.9. The van der Waals surface area contributed by atoms with Gasteiger partial charge in [0.25, 0.3) is 0 Å². The van der Waals surface area contributed by atoms with Gasteiger partial charge in [0.15, 0.2) is 0 Å². The summed E-state index contributed by atoms with van der Waals surface area (Å²) in [6.07, 6.45) is 17.1. The summed E-state index contributed by atoms with van der Waals surface area (Å²) in [4.78, 5) is 4.62. The Hall–Kier alpha value is -2.67. The second-order valence-electron chi connectivity index (χ2n) is 5.79. The molecule has 0 aliphatic rings. The van der Waals surface area contributed by atoms with Crippen LogP contribution in [0.1, 0.15) is 45.2 Å². The molecule has 1 heteroatoms. The topological polar surface area (TPSA) is 12.4 Å². The number of nitrogens with zero attached hydrogens (tertiary/aromatic N) is 1. The van der Waals surface area contributed by atoms with Gasteiger partial charge in [-0.2, -0.15) is 0 Å². The van der Waals surface area contributed by atoms with Crippen LogP contribution in [0.4, 0.5) is 5.69 Å². The third kappa shape index (κ3) is 6.76. The molecule has 25 heavy (non-hydrogen) atoms. The summed E-state index contributed by atoms with van der Waals surface area (Å²) < 4.78 is 0. The first-order valence-corrected chi connectivity index (χ1v) is 8.69. The minimum absolute atomic E-state index is 0.910. The van der Waals surface area contributed by atoms with Gasteiger partial charge in [-0.3, -0.25) is 4.99 Å². The van der Waals surface area contributed by atoms with Crippen molar-refractivity contribution in [3.63, 3.8) is 0 Å². The van der Waals surface area contributed by atoms with E-state index in [-0.39, 0.29) is 0 Å². The molecule has 130 valence electrons. The van der Waals surface area contributed by atoms with Crippen LogP contribution in [-0.4, -0.2) is 6.21 Å². The molecule has 0 radical (unpaired) electrons. The molecule has 0 saturated heterocycles. The van der Waals surface area contributed by atoms with Crippen LogP contribution in [0.2, 0.25) is 0 Å². The molecule has 0 saturated carbocycles. The number of allylic oxidation sites excluding steroid dienone is 10. The summed E-state index contributed by atoms with van der Waals surface area (Å²) in [6, 6.07) is 6.29. The lowest BCUT2D eigenvalue weighted by Gasteiger charge is -2.10. The molecule has 0 unspecified atom stereocenters. The Labute approximate surface area is 153 Å². The Bertz CT molecular complexity index is 752. The van der Waals surface area contributed by atoms with Crippen LogP contribution >= 0.6 is 0 Å². The van der Waals surface area contributed by atoms with Gasteiger partial charge in [0.2, 0.25) is 0 Å². The molecule has 1 aromatic carbocycles. The van der Waals surface area contributed by atoms with Crippen molar-refractivity contribution < 1.29 is 0 Å². The fraction of sp³-hybridized carbons (Fsp3) is 0.208. The van der Waals surface area contributed by atoms with Gasteiger partial charge in [0.05, 0.1) is 5.69 Å². The molecule has 0 fully saturated rings. The standard InChI is InChI=1S/C24H29N/c1-7-11-20(6)13-10-14-21(12-8-2)23-18-22(19(4)5)15-16-24(23)25-17-9-3/h7-8,10-18H,4,6,9H2,1-3,5H3/b11-7-,12-8-,13-10+,21-14+,25-17?. The van der Waals surface area contributed by atoms with Crippen molar-refractivity contribution in [1.29, 1.82) is 0 Å². The lowest BCUT2D eigenvalue weighted by Crippen LogP contribution is -1.87. The Morgan fingerprint density at radius 3 is 2.40 bits per heavy atom. The summed E-state index contributed by atoms with van der Waals surface area (Å²) in [5.41, 5.74) is 6.32. The van der Waals surface area contributed by atoms with E-state index in [0.717, 1.165) is 40.0 Å². The molecular formula is C24H29N. The van der Waals surface area contributed by atoms with Gasteiger partial charge in [0, 0.05) is 11.8 Å². The lowest BCUT2D eigenvalue weighted by molar-refractivity contribution is 1.31. The smallest absolute Gasteiger partial charge is 0.0704 e. The quantitative estimate of drug-likeness (QED) is 0.346. The number of rotatable bonds is 8. The summed E-state index contributed by atoms with van der Waals surface area (Å²) in [7, 11) is 0. The highest BCUT2D eigenvalue weighted by Gasteiger charge is 2.06. The van der Waals surface area contributed by atoms with Crippen LogP contribution in [0.25, 0.3) is 11.1 Å². The molecule has 0 amide bonds. The van der Waals surface area contributed by atoms with E-state index in [2.05, 4.69) is 55.4 Å². The number of aliphatic imine (C=N–C) groups is 1. The van der Waals surface area contributed by atoms with E-state index < -0.39 is 0 Å². The normalized spacial score (nSPS) is 12.9. The lowest BCUT2D eigenvalue weighted by atomic mass is 9.97. The molecule has 0 aromatic heterocycles. The van der Waals surface area contributed by atoms with Gasteiger partial charge in [0.1, 0.15) is 0 Å². The fourth-order valence-corrected chi connectivity index (χ4v) is 2.29. The maximum Gasteiger partial charge on any atom is 0.0704 e. The highest BCUT2D eigenvalue weighted by atomic mass is 14.7. The van der Waals surface area contributed by atoms with Crippen LogP contribution in [0, 0.1) is 0 Å². The summed E-state index contributed by atoms with van der Waals surface area (Å²) in [5.74, 6) is 0. The molecule has 0 N–H and O–H groups in total. The molecule has 0 aliphatic carbocycles. The molecule has 0 atom stereocenters. The van der Waals surface area contributed by atoms with Gasteiger partial charge >= 0.3 is 0 Å². The molecule has 0 aliphatic heterocycles. The third-order valence-electron chi connectivity index (χ3n) is 3.53. The molecule has 0 bridgehead atoms. The molecule has 1 rings (SSSR count). The number of benzene rings is 1. The van der Waals surface area contributed by atoms with E-state index in [4.69, 9.17) is 0 Å². The van der Waals surface area contributed by atoms with Crippen molar-refractivity contribution in [2.75, 3.05) is 0 Å². The summed E-state index contributed by atoms with van der Waals surface area (Å²) in [5, 5.41) is 0. The van der Waals surface area contributed by atoms with Gasteiger partial charge in [-0.05, 0) is 56.0 Å². The first-order chi connectivity index (χ1) is 12.0. The monoisotopic (exact) mass is 331 g/mol. The minimum atomic E-state index is 0.910. The second kappa shape index (κ2) is 11.0. The van der Waals surface area contributed by atoms with E-state index in [1.807, 2.05) is 57.4 Å². The van der Waals surface area contributed by atoms with Gasteiger partial charge in [-0.25, -0.2) is 0 Å². The molecular weight excluding hydrogens is 302 g/mol. The largest absolute Gasteiger partial charge is 0.261 e. The van der Waals surface area contributed by atoms with E-state index in [1.54, 1.807) is 0 Å². The van der Waals surface area contributed by atoms with E-state index in [1.165, 1.54) is 0 Å². The van der Waals surface area contributed by atoms with Crippen molar-refractivity contribution in [2.45, 2.75) is 34.1 Å². The van der Waals surface area contributed by atoms with Crippen LogP contribution in [-0.2, 0) is 0 Å². The SMILES string of the molecule is C=C(/C=C\C)/C=C/C=C(\C=C/C)c1cc(C(=C)C)ccc1N=CCC.